The molecule has 1 aliphatic rings. The maximum absolute atomic E-state index is 11.4. The van der Waals surface area contributed by atoms with E-state index in [-0.39, 0.29) is 5.03 Å². The molecule has 2 aromatic rings. The maximum Gasteiger partial charge on any atom is 0.161 e. The van der Waals surface area contributed by atoms with E-state index >= 15 is 0 Å². The zero-order chi connectivity index (χ0) is 25.2. The largest absolute Gasteiger partial charge is 0.389 e. The summed E-state index contributed by atoms with van der Waals surface area (Å²) in [4.78, 5) is 19.4. The van der Waals surface area contributed by atoms with Crippen LogP contribution in [0.5, 0.6) is 0 Å². The van der Waals surface area contributed by atoms with Gasteiger partial charge < -0.3 is 19.9 Å². The average Bonchev–Trinajstić information content (AvgIpc) is 3.14. The molecule has 1 fully saturated rings. The molecule has 186 valence electrons. The van der Waals surface area contributed by atoms with E-state index in [4.69, 9.17) is 11.6 Å². The van der Waals surface area contributed by atoms with Gasteiger partial charge in [-0.15, -0.1) is 0 Å². The molecule has 2 heterocycles. The van der Waals surface area contributed by atoms with E-state index in [2.05, 4.69) is 41.9 Å². The molecule has 0 spiro atoms. The topological polar surface area (TPSA) is 59.6 Å². The van der Waals surface area contributed by atoms with Crippen molar-refractivity contribution in [2.24, 2.45) is 0 Å². The molecule has 0 bridgehead atoms. The van der Waals surface area contributed by atoms with Gasteiger partial charge in [0, 0.05) is 43.3 Å². The highest BCUT2D eigenvalue weighted by molar-refractivity contribution is 6.39. The molecule has 0 radical (unpaired) electrons. The van der Waals surface area contributed by atoms with Crippen molar-refractivity contribution in [2.75, 3.05) is 33.7 Å². The van der Waals surface area contributed by atoms with Crippen LogP contribution >= 0.6 is 11.6 Å². The van der Waals surface area contributed by atoms with Gasteiger partial charge in [0.15, 0.2) is 6.29 Å². The smallest absolute Gasteiger partial charge is 0.161 e. The Morgan fingerprint density at radius 1 is 1.29 bits per heavy atom. The molecule has 1 aromatic heterocycles. The number of hydrogen-bond acceptors (Lipinski definition) is 4. The first-order chi connectivity index (χ1) is 15.9. The summed E-state index contributed by atoms with van der Waals surface area (Å²) in [6, 6.07) is 6.80. The number of carbonyl (C=O) groups is 1. The van der Waals surface area contributed by atoms with Crippen LogP contribution in [0.2, 0.25) is 0 Å². The van der Waals surface area contributed by atoms with E-state index in [0.29, 0.717) is 24.7 Å². The number of nitrogens with zero attached hydrogens (tertiary/aromatic N) is 2. The Balaban J connectivity index is 2.01. The van der Waals surface area contributed by atoms with Crippen molar-refractivity contribution < 1.29 is 9.90 Å². The van der Waals surface area contributed by atoms with Crippen molar-refractivity contribution >= 4 is 34.4 Å². The first-order valence-corrected chi connectivity index (χ1v) is 12.6. The van der Waals surface area contributed by atoms with Crippen LogP contribution in [0.1, 0.15) is 76.1 Å². The summed E-state index contributed by atoms with van der Waals surface area (Å²) in [5.74, 6) is 0.810. The molecule has 0 aliphatic carbocycles. The third kappa shape index (κ3) is 6.12. The van der Waals surface area contributed by atoms with Crippen LogP contribution < -0.4 is 0 Å². The zero-order valence-corrected chi connectivity index (χ0v) is 22.5. The first kappa shape index (κ1) is 26.5. The first-order valence-electron chi connectivity index (χ1n) is 12.2. The van der Waals surface area contributed by atoms with E-state index in [0.717, 1.165) is 48.3 Å². The van der Waals surface area contributed by atoms with Gasteiger partial charge in [-0.1, -0.05) is 31.5 Å². The molecule has 0 unspecified atom stereocenters. The van der Waals surface area contributed by atoms with Gasteiger partial charge >= 0.3 is 0 Å². The van der Waals surface area contributed by atoms with Crippen molar-refractivity contribution in [2.45, 2.75) is 64.9 Å². The quantitative estimate of drug-likeness (QED) is 0.279. The van der Waals surface area contributed by atoms with Gasteiger partial charge in [-0.2, -0.15) is 0 Å². The third-order valence-corrected chi connectivity index (χ3v) is 7.00. The standard InChI is InChI=1S/C28H40ClN3O2/c1-18(2)26-22-14-21(20-10-12-32(13-11-20)17-28(4,5)34)8-9-25(22)30-27(26)23(15-31(6)7)19(3)24(29)16-33/h8-9,14-16,18,20,30,34H,10-13,17H2,1-7H3/b23-15+,24-19+. The molecule has 1 aromatic carbocycles. The predicted molar refractivity (Wildman–Crippen MR) is 143 cm³/mol. The van der Waals surface area contributed by atoms with Crippen LogP contribution in [-0.4, -0.2) is 65.5 Å². The highest BCUT2D eigenvalue weighted by Gasteiger charge is 2.26. The number of allylic oxidation sites excluding steroid dienone is 3. The molecule has 1 aliphatic heterocycles. The normalized spacial score (nSPS) is 17.4. The minimum atomic E-state index is -0.656. The lowest BCUT2D eigenvalue weighted by atomic mass is 9.87. The molecule has 0 saturated carbocycles. The second-order valence-electron chi connectivity index (χ2n) is 10.8. The van der Waals surface area contributed by atoms with Crippen LogP contribution in [0.4, 0.5) is 0 Å². The Labute approximate surface area is 209 Å². The number of hydrogen-bond donors (Lipinski definition) is 2. The molecule has 5 nitrogen and oxygen atoms in total. The van der Waals surface area contributed by atoms with Crippen molar-refractivity contribution in [3.63, 3.8) is 0 Å². The molecule has 0 atom stereocenters. The summed E-state index contributed by atoms with van der Waals surface area (Å²) in [5, 5.41) is 11.6. The number of rotatable bonds is 8. The summed E-state index contributed by atoms with van der Waals surface area (Å²) in [6.45, 7) is 12.8. The van der Waals surface area contributed by atoms with Crippen LogP contribution in [0.3, 0.4) is 0 Å². The number of benzene rings is 1. The molecular formula is C28H40ClN3O2. The summed E-state index contributed by atoms with van der Waals surface area (Å²) < 4.78 is 0. The van der Waals surface area contributed by atoms with E-state index in [1.807, 2.05) is 46.0 Å². The monoisotopic (exact) mass is 485 g/mol. The zero-order valence-electron chi connectivity index (χ0n) is 21.7. The Kier molecular flexibility index (Phi) is 8.33. The van der Waals surface area contributed by atoms with Crippen molar-refractivity contribution in [1.29, 1.82) is 0 Å². The number of halogens is 1. The van der Waals surface area contributed by atoms with Crippen LogP contribution in [0.15, 0.2) is 35.0 Å². The Hall–Kier alpha value is -2.08. The summed E-state index contributed by atoms with van der Waals surface area (Å²) in [7, 11) is 3.95. The second-order valence-corrected chi connectivity index (χ2v) is 11.2. The fraction of sp³-hybridized carbons (Fsp3) is 0.536. The predicted octanol–water partition coefficient (Wildman–Crippen LogP) is 5.86. The van der Waals surface area contributed by atoms with Gasteiger partial charge in [-0.25, -0.2) is 0 Å². The number of H-pyrrole nitrogens is 1. The molecule has 0 amide bonds. The molecule has 3 rings (SSSR count). The average molecular weight is 486 g/mol. The number of carbonyl (C=O) groups excluding carboxylic acids is 1. The number of aldehydes is 1. The minimum absolute atomic E-state index is 0.222. The molecule has 2 N–H and O–H groups in total. The third-order valence-electron chi connectivity index (χ3n) is 6.63. The number of nitrogens with one attached hydrogen (secondary N) is 1. The van der Waals surface area contributed by atoms with Crippen molar-refractivity contribution in [3.05, 3.63) is 51.8 Å². The van der Waals surface area contributed by atoms with Crippen LogP contribution in [-0.2, 0) is 4.79 Å². The van der Waals surface area contributed by atoms with Crippen molar-refractivity contribution in [3.8, 4) is 0 Å². The number of likely N-dealkylation sites (tertiary alicyclic amines) is 1. The highest BCUT2D eigenvalue weighted by atomic mass is 35.5. The van der Waals surface area contributed by atoms with Crippen LogP contribution in [0, 0.1) is 0 Å². The molecule has 1 saturated heterocycles. The van der Waals surface area contributed by atoms with E-state index in [1.54, 1.807) is 0 Å². The highest BCUT2D eigenvalue weighted by Crippen LogP contribution is 2.39. The lowest BCUT2D eigenvalue weighted by Crippen LogP contribution is -2.42. The number of fused-ring (bicyclic) bond motifs is 1. The SMILES string of the molecule is CC(/C(=C\N(C)C)c1[nH]c2ccc(C3CCN(CC(C)(C)O)CC3)cc2c1C(C)C)=C(\Cl)C=O. The summed E-state index contributed by atoms with van der Waals surface area (Å²) in [5.41, 5.74) is 5.78. The number of aliphatic hydroxyl groups is 1. The van der Waals surface area contributed by atoms with Gasteiger partial charge in [-0.3, -0.25) is 4.79 Å². The second kappa shape index (κ2) is 10.7. The van der Waals surface area contributed by atoms with Crippen LogP contribution in [0.25, 0.3) is 16.5 Å². The Morgan fingerprint density at radius 2 is 1.94 bits per heavy atom. The van der Waals surface area contributed by atoms with Gasteiger partial charge in [0.25, 0.3) is 0 Å². The van der Waals surface area contributed by atoms with E-state index in [9.17, 15) is 9.90 Å². The maximum atomic E-state index is 11.4. The lowest BCUT2D eigenvalue weighted by Gasteiger charge is -2.35. The van der Waals surface area contributed by atoms with E-state index < -0.39 is 5.60 Å². The van der Waals surface area contributed by atoms with Gasteiger partial charge in [0.1, 0.15) is 0 Å². The Morgan fingerprint density at radius 3 is 2.47 bits per heavy atom. The number of aromatic amines is 1. The summed E-state index contributed by atoms with van der Waals surface area (Å²) in [6.07, 6.45) is 4.93. The number of aromatic nitrogens is 1. The summed E-state index contributed by atoms with van der Waals surface area (Å²) >= 11 is 6.27. The lowest BCUT2D eigenvalue weighted by molar-refractivity contribution is -0.104. The Bertz CT molecular complexity index is 1080. The molecule has 6 heteroatoms. The van der Waals surface area contributed by atoms with Gasteiger partial charge in [0.05, 0.1) is 16.3 Å². The minimum Gasteiger partial charge on any atom is -0.389 e. The van der Waals surface area contributed by atoms with Crippen molar-refractivity contribution in [1.82, 2.24) is 14.8 Å². The van der Waals surface area contributed by atoms with Gasteiger partial charge in [-0.05, 0) is 87.4 Å². The van der Waals surface area contributed by atoms with E-state index in [1.165, 1.54) is 16.5 Å². The number of β-amino-alcohol motifs (C(OH)–C–C–N with tert-alkyl or cyclic N) is 1. The molecular weight excluding hydrogens is 446 g/mol. The fourth-order valence-electron chi connectivity index (χ4n) is 5.09. The number of piperidine rings is 1. The van der Waals surface area contributed by atoms with Gasteiger partial charge in [0.2, 0.25) is 0 Å². The fourth-order valence-corrected chi connectivity index (χ4v) is 5.19. The molecule has 34 heavy (non-hydrogen) atoms.